The van der Waals surface area contributed by atoms with Gasteiger partial charge in [-0.05, 0) is 58.1 Å². The van der Waals surface area contributed by atoms with Crippen LogP contribution in [0.2, 0.25) is 0 Å². The predicted octanol–water partition coefficient (Wildman–Crippen LogP) is 3.66. The lowest BCUT2D eigenvalue weighted by atomic mass is 9.99. The molecule has 3 nitrogen and oxygen atoms in total. The maximum atomic E-state index is 5.69. The Morgan fingerprint density at radius 2 is 2.05 bits per heavy atom. The first-order valence-electron chi connectivity index (χ1n) is 5.91. The van der Waals surface area contributed by atoms with Gasteiger partial charge in [0.05, 0.1) is 6.04 Å². The highest BCUT2D eigenvalue weighted by atomic mass is 79.9. The summed E-state index contributed by atoms with van der Waals surface area (Å²) in [6.07, 6.45) is 4.41. The minimum absolute atomic E-state index is 0.0473. The van der Waals surface area contributed by atoms with E-state index >= 15 is 0 Å². The molecule has 1 aromatic carbocycles. The standard InChI is InChI=1S/C14H15Br2N3/c1-9-2-3-12(13(16)4-9)14(19-17)6-10-5-11(15)8-18-7-10/h2-5,7-8,14,19H,6,17H2,1H3. The molecule has 0 saturated carbocycles. The molecule has 3 N–H and O–H groups in total. The van der Waals surface area contributed by atoms with Gasteiger partial charge in [0, 0.05) is 21.3 Å². The summed E-state index contributed by atoms with van der Waals surface area (Å²) >= 11 is 7.03. The number of benzene rings is 1. The van der Waals surface area contributed by atoms with E-state index in [0.717, 1.165) is 26.5 Å². The maximum Gasteiger partial charge on any atom is 0.0512 e. The molecule has 0 aliphatic carbocycles. The fraction of sp³-hybridized carbons (Fsp3) is 0.214. The Kier molecular flexibility index (Phi) is 5.10. The zero-order valence-corrected chi connectivity index (χ0v) is 13.7. The molecule has 0 radical (unpaired) electrons. The van der Waals surface area contributed by atoms with Gasteiger partial charge in [-0.15, -0.1) is 0 Å². The molecule has 1 unspecified atom stereocenters. The van der Waals surface area contributed by atoms with E-state index < -0.39 is 0 Å². The molecule has 0 fully saturated rings. The average Bonchev–Trinajstić information content (AvgIpc) is 2.37. The van der Waals surface area contributed by atoms with E-state index in [4.69, 9.17) is 5.84 Å². The number of halogens is 2. The van der Waals surface area contributed by atoms with E-state index in [1.54, 1.807) is 6.20 Å². The zero-order valence-electron chi connectivity index (χ0n) is 10.5. The lowest BCUT2D eigenvalue weighted by molar-refractivity contribution is 0.549. The Bertz CT molecular complexity index is 572. The Balaban J connectivity index is 2.25. The van der Waals surface area contributed by atoms with Crippen LogP contribution in [-0.2, 0) is 6.42 Å². The number of nitrogens with two attached hydrogens (primary N) is 1. The van der Waals surface area contributed by atoms with Crippen LogP contribution in [0.4, 0.5) is 0 Å². The summed E-state index contributed by atoms with van der Waals surface area (Å²) in [6.45, 7) is 2.07. The summed E-state index contributed by atoms with van der Waals surface area (Å²) in [7, 11) is 0. The predicted molar refractivity (Wildman–Crippen MR) is 84.6 cm³/mol. The van der Waals surface area contributed by atoms with E-state index in [-0.39, 0.29) is 6.04 Å². The van der Waals surface area contributed by atoms with Gasteiger partial charge in [0.2, 0.25) is 0 Å². The van der Waals surface area contributed by atoms with E-state index in [1.807, 2.05) is 6.20 Å². The number of rotatable bonds is 4. The maximum absolute atomic E-state index is 5.69. The lowest BCUT2D eigenvalue weighted by Gasteiger charge is -2.18. The molecule has 5 heteroatoms. The van der Waals surface area contributed by atoms with Crippen LogP contribution in [0.1, 0.15) is 22.7 Å². The molecule has 1 heterocycles. The summed E-state index contributed by atoms with van der Waals surface area (Å²) in [4.78, 5) is 4.17. The van der Waals surface area contributed by atoms with Crippen molar-refractivity contribution in [3.05, 3.63) is 62.3 Å². The third kappa shape index (κ3) is 3.86. The average molecular weight is 385 g/mol. The van der Waals surface area contributed by atoms with Crippen LogP contribution < -0.4 is 11.3 Å². The number of aromatic nitrogens is 1. The number of nitrogens with one attached hydrogen (secondary N) is 1. The lowest BCUT2D eigenvalue weighted by Crippen LogP contribution is -2.29. The number of nitrogens with zero attached hydrogens (tertiary/aromatic N) is 1. The van der Waals surface area contributed by atoms with E-state index in [2.05, 4.69) is 73.5 Å². The van der Waals surface area contributed by atoms with Gasteiger partial charge < -0.3 is 0 Å². The molecule has 0 aliphatic heterocycles. The van der Waals surface area contributed by atoms with Crippen molar-refractivity contribution in [1.29, 1.82) is 0 Å². The molecule has 100 valence electrons. The molecular formula is C14H15Br2N3. The van der Waals surface area contributed by atoms with E-state index in [9.17, 15) is 0 Å². The van der Waals surface area contributed by atoms with E-state index in [0.29, 0.717) is 0 Å². The smallest absolute Gasteiger partial charge is 0.0512 e. The van der Waals surface area contributed by atoms with E-state index in [1.165, 1.54) is 5.56 Å². The van der Waals surface area contributed by atoms with Crippen molar-refractivity contribution >= 4 is 31.9 Å². The minimum Gasteiger partial charge on any atom is -0.271 e. The van der Waals surface area contributed by atoms with Gasteiger partial charge in [-0.25, -0.2) is 0 Å². The molecule has 0 spiro atoms. The third-order valence-electron chi connectivity index (χ3n) is 2.93. The van der Waals surface area contributed by atoms with Gasteiger partial charge >= 0.3 is 0 Å². The van der Waals surface area contributed by atoms with Crippen LogP contribution in [0.15, 0.2) is 45.6 Å². The SMILES string of the molecule is Cc1ccc(C(Cc2cncc(Br)c2)NN)c(Br)c1. The van der Waals surface area contributed by atoms with Crippen LogP contribution in [0.5, 0.6) is 0 Å². The van der Waals surface area contributed by atoms with Crippen molar-refractivity contribution in [3.8, 4) is 0 Å². The Morgan fingerprint density at radius 1 is 1.26 bits per heavy atom. The fourth-order valence-corrected chi connectivity index (χ4v) is 3.16. The van der Waals surface area contributed by atoms with Crippen molar-refractivity contribution in [3.63, 3.8) is 0 Å². The van der Waals surface area contributed by atoms with Crippen LogP contribution in [0.25, 0.3) is 0 Å². The quantitative estimate of drug-likeness (QED) is 0.624. The van der Waals surface area contributed by atoms with Crippen LogP contribution in [-0.4, -0.2) is 4.98 Å². The second-order valence-corrected chi connectivity index (χ2v) is 6.23. The van der Waals surface area contributed by atoms with Crippen LogP contribution in [0.3, 0.4) is 0 Å². The number of hydrazine groups is 1. The number of hydrogen-bond acceptors (Lipinski definition) is 3. The summed E-state index contributed by atoms with van der Waals surface area (Å²) in [5, 5.41) is 0. The molecule has 0 bridgehead atoms. The topological polar surface area (TPSA) is 50.9 Å². The fourth-order valence-electron chi connectivity index (χ4n) is 1.98. The van der Waals surface area contributed by atoms with Crippen molar-refractivity contribution in [2.45, 2.75) is 19.4 Å². The zero-order chi connectivity index (χ0) is 13.8. The Labute approximate surface area is 129 Å². The number of aryl methyl sites for hydroxylation is 1. The largest absolute Gasteiger partial charge is 0.271 e. The first kappa shape index (κ1) is 14.7. The minimum atomic E-state index is 0.0473. The second kappa shape index (κ2) is 6.61. The highest BCUT2D eigenvalue weighted by Gasteiger charge is 2.14. The summed E-state index contributed by atoms with van der Waals surface area (Å²) in [5.41, 5.74) is 6.37. The number of pyridine rings is 1. The van der Waals surface area contributed by atoms with Gasteiger partial charge in [-0.2, -0.15) is 0 Å². The van der Waals surface area contributed by atoms with Crippen LogP contribution >= 0.6 is 31.9 Å². The summed E-state index contributed by atoms with van der Waals surface area (Å²) in [5.74, 6) is 5.69. The monoisotopic (exact) mass is 383 g/mol. The van der Waals surface area contributed by atoms with Gasteiger partial charge in [0.15, 0.2) is 0 Å². The molecule has 0 saturated heterocycles. The van der Waals surface area contributed by atoms with Crippen LogP contribution in [0, 0.1) is 6.92 Å². The van der Waals surface area contributed by atoms with Crippen molar-refractivity contribution < 1.29 is 0 Å². The number of hydrogen-bond donors (Lipinski definition) is 2. The molecular weight excluding hydrogens is 370 g/mol. The second-order valence-electron chi connectivity index (χ2n) is 4.46. The van der Waals surface area contributed by atoms with Crippen molar-refractivity contribution in [1.82, 2.24) is 10.4 Å². The van der Waals surface area contributed by atoms with Gasteiger partial charge in [-0.1, -0.05) is 28.1 Å². The molecule has 2 aromatic rings. The molecule has 0 amide bonds. The van der Waals surface area contributed by atoms with Gasteiger partial charge in [0.25, 0.3) is 0 Å². The first-order chi connectivity index (χ1) is 9.10. The van der Waals surface area contributed by atoms with Crippen molar-refractivity contribution in [2.75, 3.05) is 0 Å². The normalized spacial score (nSPS) is 12.4. The molecule has 0 aliphatic rings. The van der Waals surface area contributed by atoms with Gasteiger partial charge in [-0.3, -0.25) is 16.3 Å². The Hall–Kier alpha value is -0.750. The first-order valence-corrected chi connectivity index (χ1v) is 7.50. The van der Waals surface area contributed by atoms with Crippen molar-refractivity contribution in [2.24, 2.45) is 5.84 Å². The Morgan fingerprint density at radius 3 is 2.68 bits per heavy atom. The molecule has 19 heavy (non-hydrogen) atoms. The molecule has 1 aromatic heterocycles. The highest BCUT2D eigenvalue weighted by molar-refractivity contribution is 9.10. The summed E-state index contributed by atoms with van der Waals surface area (Å²) in [6, 6.07) is 8.38. The highest BCUT2D eigenvalue weighted by Crippen LogP contribution is 2.27. The molecule has 1 atom stereocenters. The molecule has 2 rings (SSSR count). The third-order valence-corrected chi connectivity index (χ3v) is 4.05. The van der Waals surface area contributed by atoms with Gasteiger partial charge in [0.1, 0.15) is 0 Å². The summed E-state index contributed by atoms with van der Waals surface area (Å²) < 4.78 is 2.04.